The zero-order valence-corrected chi connectivity index (χ0v) is 18.7. The summed E-state index contributed by atoms with van der Waals surface area (Å²) in [5.74, 6) is 0.525. The van der Waals surface area contributed by atoms with Crippen LogP contribution in [-0.2, 0) is 6.42 Å². The van der Waals surface area contributed by atoms with Crippen LogP contribution >= 0.6 is 0 Å². The number of piperidine rings is 1. The first-order chi connectivity index (χ1) is 16.6. The third-order valence-corrected chi connectivity index (χ3v) is 6.48. The Morgan fingerprint density at radius 2 is 1.79 bits per heavy atom. The number of halogens is 2. The van der Waals surface area contributed by atoms with E-state index in [1.807, 2.05) is 42.5 Å². The summed E-state index contributed by atoms with van der Waals surface area (Å²) in [5, 5.41) is 5.20. The van der Waals surface area contributed by atoms with Crippen molar-refractivity contribution < 1.29 is 13.6 Å². The Labute approximate surface area is 197 Å². The first-order valence-electron chi connectivity index (χ1n) is 11.5. The van der Waals surface area contributed by atoms with Gasteiger partial charge in [0.05, 0.1) is 6.42 Å². The SMILES string of the molecule is O=C(Cc1cc2cc(-c3cncc(C(F)F)c3)ccc2cn1)c1cccc(C2CCNCC2)c1. The lowest BCUT2D eigenvalue weighted by atomic mass is 9.88. The normalized spacial score (nSPS) is 14.6. The van der Waals surface area contributed by atoms with Crippen LogP contribution in [0, 0.1) is 0 Å². The van der Waals surface area contributed by atoms with E-state index in [0.29, 0.717) is 22.7 Å². The number of pyridine rings is 2. The Morgan fingerprint density at radius 3 is 2.62 bits per heavy atom. The van der Waals surface area contributed by atoms with Crippen molar-refractivity contribution in [3.8, 4) is 11.1 Å². The molecule has 2 aromatic carbocycles. The lowest BCUT2D eigenvalue weighted by Gasteiger charge is -2.23. The molecule has 1 aliphatic heterocycles. The number of benzene rings is 2. The number of hydrogen-bond acceptors (Lipinski definition) is 4. The first kappa shape index (κ1) is 22.3. The fourth-order valence-electron chi connectivity index (χ4n) is 4.59. The molecule has 3 heterocycles. The second kappa shape index (κ2) is 9.77. The van der Waals surface area contributed by atoms with Gasteiger partial charge >= 0.3 is 0 Å². The average molecular weight is 458 g/mol. The van der Waals surface area contributed by atoms with Crippen LogP contribution < -0.4 is 5.32 Å². The Bertz CT molecular complexity index is 1330. The summed E-state index contributed by atoms with van der Waals surface area (Å²) in [4.78, 5) is 21.5. The third kappa shape index (κ3) is 4.87. The molecular weight excluding hydrogens is 432 g/mol. The van der Waals surface area contributed by atoms with Crippen LogP contribution in [0.1, 0.15) is 52.4 Å². The van der Waals surface area contributed by atoms with Crippen molar-refractivity contribution in [2.75, 3.05) is 13.1 Å². The molecule has 0 spiro atoms. The predicted octanol–water partition coefficient (Wildman–Crippen LogP) is 6.13. The largest absolute Gasteiger partial charge is 0.317 e. The quantitative estimate of drug-likeness (QED) is 0.354. The van der Waals surface area contributed by atoms with Gasteiger partial charge in [0.1, 0.15) is 0 Å². The van der Waals surface area contributed by atoms with Crippen molar-refractivity contribution in [1.82, 2.24) is 15.3 Å². The van der Waals surface area contributed by atoms with Gasteiger partial charge in [-0.1, -0.05) is 30.3 Å². The number of rotatable bonds is 6. The van der Waals surface area contributed by atoms with E-state index >= 15 is 0 Å². The molecule has 0 amide bonds. The van der Waals surface area contributed by atoms with Gasteiger partial charge in [-0.25, -0.2) is 8.78 Å². The minimum absolute atomic E-state index is 0.0348. The van der Waals surface area contributed by atoms with Gasteiger partial charge in [-0.2, -0.15) is 0 Å². The van der Waals surface area contributed by atoms with Crippen LogP contribution in [0.5, 0.6) is 0 Å². The van der Waals surface area contributed by atoms with Gasteiger partial charge < -0.3 is 5.32 Å². The predicted molar refractivity (Wildman–Crippen MR) is 129 cm³/mol. The van der Waals surface area contributed by atoms with Crippen molar-refractivity contribution in [2.45, 2.75) is 31.6 Å². The van der Waals surface area contributed by atoms with Gasteiger partial charge in [0.2, 0.25) is 0 Å². The summed E-state index contributed by atoms with van der Waals surface area (Å²) in [5.41, 5.74) is 3.93. The number of ketones is 1. The van der Waals surface area contributed by atoms with Crippen molar-refractivity contribution in [3.63, 3.8) is 0 Å². The van der Waals surface area contributed by atoms with Gasteiger partial charge in [0.15, 0.2) is 5.78 Å². The topological polar surface area (TPSA) is 54.9 Å². The maximum absolute atomic E-state index is 13.1. The molecule has 4 aromatic rings. The maximum Gasteiger partial charge on any atom is 0.265 e. The van der Waals surface area contributed by atoms with Crippen molar-refractivity contribution in [1.29, 1.82) is 0 Å². The molecule has 34 heavy (non-hydrogen) atoms. The van der Waals surface area contributed by atoms with Gasteiger partial charge in [0, 0.05) is 46.4 Å². The molecule has 0 atom stereocenters. The molecule has 172 valence electrons. The lowest BCUT2D eigenvalue weighted by molar-refractivity contribution is 0.0992. The minimum atomic E-state index is -2.57. The summed E-state index contributed by atoms with van der Waals surface area (Å²) >= 11 is 0. The summed E-state index contributed by atoms with van der Waals surface area (Å²) in [6.07, 6.45) is 4.32. The lowest BCUT2D eigenvalue weighted by Crippen LogP contribution is -2.26. The number of nitrogens with zero attached hydrogens (tertiary/aromatic N) is 2. The van der Waals surface area contributed by atoms with E-state index < -0.39 is 6.43 Å². The summed E-state index contributed by atoms with van der Waals surface area (Å²) in [6.45, 7) is 2.02. The van der Waals surface area contributed by atoms with E-state index in [4.69, 9.17) is 0 Å². The molecule has 1 fully saturated rings. The van der Waals surface area contributed by atoms with Crippen LogP contribution in [-0.4, -0.2) is 28.8 Å². The molecule has 0 bridgehead atoms. The van der Waals surface area contributed by atoms with E-state index in [9.17, 15) is 13.6 Å². The molecule has 0 saturated carbocycles. The smallest absolute Gasteiger partial charge is 0.265 e. The Morgan fingerprint density at radius 1 is 0.941 bits per heavy atom. The average Bonchev–Trinajstić information content (AvgIpc) is 2.89. The number of carbonyl (C=O) groups is 1. The number of fused-ring (bicyclic) bond motifs is 1. The van der Waals surface area contributed by atoms with Crippen molar-refractivity contribution >= 4 is 16.6 Å². The highest BCUT2D eigenvalue weighted by Gasteiger charge is 2.17. The molecular formula is C28H25F2N3O. The van der Waals surface area contributed by atoms with E-state index in [-0.39, 0.29) is 17.8 Å². The Balaban J connectivity index is 1.38. The highest BCUT2D eigenvalue weighted by atomic mass is 19.3. The fourth-order valence-corrected chi connectivity index (χ4v) is 4.59. The van der Waals surface area contributed by atoms with Crippen LogP contribution in [0.25, 0.3) is 21.9 Å². The van der Waals surface area contributed by atoms with Crippen LogP contribution in [0.15, 0.2) is 73.2 Å². The summed E-state index contributed by atoms with van der Waals surface area (Å²) < 4.78 is 26.2. The standard InChI is InChI=1S/C28H25F2N3O/c29-28(30)25-12-24(15-32-16-25)20-4-5-22-17-33-26(13-23(22)11-20)14-27(34)21-3-1-2-19(10-21)18-6-8-31-9-7-18/h1-5,10-13,15-18,28,31H,6-9,14H2. The van der Waals surface area contributed by atoms with Crippen LogP contribution in [0.4, 0.5) is 8.78 Å². The molecule has 0 radical (unpaired) electrons. The number of nitrogens with one attached hydrogen (secondary N) is 1. The number of aromatic nitrogens is 2. The molecule has 0 aliphatic carbocycles. The van der Waals surface area contributed by atoms with Gasteiger partial charge in [-0.3, -0.25) is 14.8 Å². The maximum atomic E-state index is 13.1. The van der Waals surface area contributed by atoms with Gasteiger partial charge in [-0.05, 0) is 72.6 Å². The molecule has 1 aliphatic rings. The minimum Gasteiger partial charge on any atom is -0.317 e. The van der Waals surface area contributed by atoms with Gasteiger partial charge in [-0.15, -0.1) is 0 Å². The molecule has 0 unspecified atom stereocenters. The molecule has 1 saturated heterocycles. The van der Waals surface area contributed by atoms with Crippen molar-refractivity contribution in [2.24, 2.45) is 0 Å². The number of alkyl halides is 2. The van der Waals surface area contributed by atoms with Crippen LogP contribution in [0.3, 0.4) is 0 Å². The molecule has 5 rings (SSSR count). The zero-order valence-electron chi connectivity index (χ0n) is 18.7. The summed E-state index contributed by atoms with van der Waals surface area (Å²) in [7, 11) is 0. The number of Topliss-reactive ketones (excluding diaryl/α,β-unsaturated/α-hetero) is 1. The monoisotopic (exact) mass is 457 g/mol. The zero-order chi connectivity index (χ0) is 23.5. The third-order valence-electron chi connectivity index (χ3n) is 6.48. The first-order valence-corrected chi connectivity index (χ1v) is 11.5. The summed E-state index contributed by atoms with van der Waals surface area (Å²) in [6, 6.07) is 17.0. The molecule has 2 aromatic heterocycles. The Kier molecular flexibility index (Phi) is 6.41. The van der Waals surface area contributed by atoms with Crippen LogP contribution in [0.2, 0.25) is 0 Å². The number of hydrogen-bond donors (Lipinski definition) is 1. The highest BCUT2D eigenvalue weighted by Crippen LogP contribution is 2.28. The second-order valence-corrected chi connectivity index (χ2v) is 8.79. The van der Waals surface area contributed by atoms with Gasteiger partial charge in [0.25, 0.3) is 6.43 Å². The fraction of sp³-hybridized carbons (Fsp3) is 0.250. The number of carbonyl (C=O) groups excluding carboxylic acids is 1. The molecule has 4 nitrogen and oxygen atoms in total. The van der Waals surface area contributed by atoms with E-state index in [1.165, 1.54) is 17.8 Å². The van der Waals surface area contributed by atoms with E-state index in [1.54, 1.807) is 12.4 Å². The van der Waals surface area contributed by atoms with Crippen molar-refractivity contribution in [3.05, 3.63) is 95.6 Å². The Hall–Kier alpha value is -3.51. The second-order valence-electron chi connectivity index (χ2n) is 8.79. The van der Waals surface area contributed by atoms with E-state index in [2.05, 4.69) is 21.4 Å². The highest BCUT2D eigenvalue weighted by molar-refractivity contribution is 5.98. The van der Waals surface area contributed by atoms with E-state index in [0.717, 1.165) is 42.3 Å². The molecule has 6 heteroatoms. The molecule has 1 N–H and O–H groups in total.